The van der Waals surface area contributed by atoms with Gasteiger partial charge in [0.1, 0.15) is 0 Å². The second kappa shape index (κ2) is 6.81. The van der Waals surface area contributed by atoms with Crippen molar-refractivity contribution >= 4 is 22.4 Å². The maximum absolute atomic E-state index is 4.39. The second-order valence-corrected chi connectivity index (χ2v) is 6.50. The molecule has 2 heterocycles. The molecule has 1 aromatic carbocycles. The third-order valence-electron chi connectivity index (χ3n) is 3.69. The molecule has 108 valence electrons. The smallest absolute Gasteiger partial charge is 0.0893 e. The zero-order valence-corrected chi connectivity index (χ0v) is 13.2. The molecule has 0 unspecified atom stereocenters. The first-order valence-corrected chi connectivity index (χ1v) is 8.48. The molecular formula is C18H20N2S. The average Bonchev–Trinajstić information content (AvgIpc) is 3.00. The Bertz CT molecular complexity index is 718. The van der Waals surface area contributed by atoms with E-state index in [2.05, 4.69) is 47.2 Å². The molecule has 3 rings (SSSR count). The largest absolute Gasteiger partial charge is 0.253 e. The molecule has 0 aliphatic carbocycles. The predicted octanol–water partition coefficient (Wildman–Crippen LogP) is 5.48. The fourth-order valence-corrected chi connectivity index (χ4v) is 3.56. The van der Waals surface area contributed by atoms with Crippen LogP contribution in [0.25, 0.3) is 21.5 Å². The van der Waals surface area contributed by atoms with Crippen LogP contribution < -0.4 is 0 Å². The van der Waals surface area contributed by atoms with E-state index in [0.29, 0.717) is 0 Å². The lowest BCUT2D eigenvalue weighted by Crippen LogP contribution is -1.82. The van der Waals surface area contributed by atoms with Crippen molar-refractivity contribution in [3.8, 4) is 10.4 Å². The SMILES string of the molecule is CCCCCCc1ccc(-c2ccc3nccnc3c2)s1. The van der Waals surface area contributed by atoms with Gasteiger partial charge in [-0.1, -0.05) is 32.3 Å². The first-order valence-electron chi connectivity index (χ1n) is 7.66. The molecule has 2 nitrogen and oxygen atoms in total. The number of unbranched alkanes of at least 4 members (excludes halogenated alkanes) is 3. The van der Waals surface area contributed by atoms with Gasteiger partial charge in [-0.3, -0.25) is 9.97 Å². The summed E-state index contributed by atoms with van der Waals surface area (Å²) >= 11 is 1.90. The van der Waals surface area contributed by atoms with Gasteiger partial charge in [0.15, 0.2) is 0 Å². The molecule has 0 bridgehead atoms. The van der Waals surface area contributed by atoms with Gasteiger partial charge >= 0.3 is 0 Å². The molecule has 0 aliphatic heterocycles. The number of hydrogen-bond donors (Lipinski definition) is 0. The standard InChI is InChI=1S/C18H20N2S/c1-2-3-4-5-6-15-8-10-18(21-15)14-7-9-16-17(13-14)20-12-11-19-16/h7-13H,2-6H2,1H3. The van der Waals surface area contributed by atoms with Gasteiger partial charge in [-0.15, -0.1) is 11.3 Å². The Balaban J connectivity index is 1.75. The predicted molar refractivity (Wildman–Crippen MR) is 90.7 cm³/mol. The van der Waals surface area contributed by atoms with Gasteiger partial charge in [0.25, 0.3) is 0 Å². The minimum absolute atomic E-state index is 0.956. The quantitative estimate of drug-likeness (QED) is 0.563. The van der Waals surface area contributed by atoms with Gasteiger partial charge in [0.05, 0.1) is 11.0 Å². The lowest BCUT2D eigenvalue weighted by molar-refractivity contribution is 0.670. The lowest BCUT2D eigenvalue weighted by Gasteiger charge is -2.00. The number of benzene rings is 1. The van der Waals surface area contributed by atoms with E-state index in [1.54, 1.807) is 12.4 Å². The lowest BCUT2D eigenvalue weighted by atomic mass is 10.1. The van der Waals surface area contributed by atoms with Crippen LogP contribution in [0.1, 0.15) is 37.5 Å². The summed E-state index contributed by atoms with van der Waals surface area (Å²) in [6.45, 7) is 2.26. The van der Waals surface area contributed by atoms with Gasteiger partial charge in [0, 0.05) is 22.1 Å². The van der Waals surface area contributed by atoms with Crippen molar-refractivity contribution in [2.24, 2.45) is 0 Å². The molecule has 0 atom stereocenters. The Kier molecular flexibility index (Phi) is 4.61. The highest BCUT2D eigenvalue weighted by Gasteiger charge is 2.05. The van der Waals surface area contributed by atoms with E-state index in [1.807, 2.05) is 11.3 Å². The normalized spacial score (nSPS) is 11.1. The summed E-state index contributed by atoms with van der Waals surface area (Å²) in [5.74, 6) is 0. The second-order valence-electron chi connectivity index (χ2n) is 5.34. The van der Waals surface area contributed by atoms with Crippen LogP contribution in [0, 0.1) is 0 Å². The molecule has 2 aromatic heterocycles. The van der Waals surface area contributed by atoms with Crippen LogP contribution in [0.2, 0.25) is 0 Å². The number of fused-ring (bicyclic) bond motifs is 1. The summed E-state index contributed by atoms with van der Waals surface area (Å²) in [6.07, 6.45) is 9.99. The van der Waals surface area contributed by atoms with E-state index in [1.165, 1.54) is 47.4 Å². The number of rotatable bonds is 6. The fraction of sp³-hybridized carbons (Fsp3) is 0.333. The van der Waals surface area contributed by atoms with Crippen LogP contribution in [0.15, 0.2) is 42.7 Å². The van der Waals surface area contributed by atoms with Gasteiger partial charge in [-0.25, -0.2) is 0 Å². The van der Waals surface area contributed by atoms with Crippen molar-refractivity contribution in [3.63, 3.8) is 0 Å². The van der Waals surface area contributed by atoms with E-state index in [4.69, 9.17) is 0 Å². The minimum atomic E-state index is 0.956. The van der Waals surface area contributed by atoms with Crippen LogP contribution in [-0.2, 0) is 6.42 Å². The molecule has 21 heavy (non-hydrogen) atoms. The Labute approximate surface area is 129 Å². The number of hydrogen-bond acceptors (Lipinski definition) is 3. The molecular weight excluding hydrogens is 276 g/mol. The molecule has 0 saturated carbocycles. The van der Waals surface area contributed by atoms with Crippen molar-refractivity contribution < 1.29 is 0 Å². The summed E-state index contributed by atoms with van der Waals surface area (Å²) in [4.78, 5) is 11.5. The Morgan fingerprint density at radius 1 is 0.905 bits per heavy atom. The van der Waals surface area contributed by atoms with E-state index >= 15 is 0 Å². The molecule has 0 spiro atoms. The van der Waals surface area contributed by atoms with Crippen LogP contribution in [0.4, 0.5) is 0 Å². The van der Waals surface area contributed by atoms with Crippen LogP contribution in [0.5, 0.6) is 0 Å². The number of thiophene rings is 1. The van der Waals surface area contributed by atoms with Crippen molar-refractivity contribution in [3.05, 3.63) is 47.6 Å². The van der Waals surface area contributed by atoms with Gasteiger partial charge in [0.2, 0.25) is 0 Å². The van der Waals surface area contributed by atoms with Crippen LogP contribution >= 0.6 is 11.3 Å². The molecule has 3 heteroatoms. The van der Waals surface area contributed by atoms with E-state index in [0.717, 1.165) is 11.0 Å². The third kappa shape index (κ3) is 3.48. The summed E-state index contributed by atoms with van der Waals surface area (Å²) in [5.41, 5.74) is 3.17. The van der Waals surface area contributed by atoms with Crippen molar-refractivity contribution in [1.82, 2.24) is 9.97 Å². The molecule has 0 saturated heterocycles. The third-order valence-corrected chi connectivity index (χ3v) is 4.89. The summed E-state index contributed by atoms with van der Waals surface area (Å²) < 4.78 is 0. The number of aromatic nitrogens is 2. The molecule has 0 N–H and O–H groups in total. The zero-order chi connectivity index (χ0) is 14.5. The van der Waals surface area contributed by atoms with Gasteiger partial charge in [-0.05, 0) is 42.7 Å². The topological polar surface area (TPSA) is 25.8 Å². The highest BCUT2D eigenvalue weighted by atomic mass is 32.1. The van der Waals surface area contributed by atoms with Crippen LogP contribution in [0.3, 0.4) is 0 Å². The number of aryl methyl sites for hydroxylation is 1. The molecule has 0 amide bonds. The molecule has 0 fully saturated rings. The highest BCUT2D eigenvalue weighted by molar-refractivity contribution is 7.15. The maximum Gasteiger partial charge on any atom is 0.0893 e. The van der Waals surface area contributed by atoms with Crippen molar-refractivity contribution in [2.75, 3.05) is 0 Å². The fourth-order valence-electron chi connectivity index (χ4n) is 2.51. The van der Waals surface area contributed by atoms with Crippen molar-refractivity contribution in [1.29, 1.82) is 0 Å². The summed E-state index contributed by atoms with van der Waals surface area (Å²) in [7, 11) is 0. The number of nitrogens with zero attached hydrogens (tertiary/aromatic N) is 2. The molecule has 0 radical (unpaired) electrons. The van der Waals surface area contributed by atoms with Crippen LogP contribution in [-0.4, -0.2) is 9.97 Å². The average molecular weight is 296 g/mol. The van der Waals surface area contributed by atoms with E-state index in [-0.39, 0.29) is 0 Å². The van der Waals surface area contributed by atoms with Gasteiger partial charge < -0.3 is 0 Å². The van der Waals surface area contributed by atoms with Gasteiger partial charge in [-0.2, -0.15) is 0 Å². The monoisotopic (exact) mass is 296 g/mol. The highest BCUT2D eigenvalue weighted by Crippen LogP contribution is 2.30. The summed E-state index contributed by atoms with van der Waals surface area (Å²) in [5, 5.41) is 0. The minimum Gasteiger partial charge on any atom is -0.253 e. The maximum atomic E-state index is 4.39. The Morgan fingerprint density at radius 2 is 1.76 bits per heavy atom. The van der Waals surface area contributed by atoms with E-state index < -0.39 is 0 Å². The van der Waals surface area contributed by atoms with E-state index in [9.17, 15) is 0 Å². The summed E-state index contributed by atoms with van der Waals surface area (Å²) in [6, 6.07) is 10.8. The molecule has 0 aliphatic rings. The first kappa shape index (κ1) is 14.2. The molecule has 3 aromatic rings. The zero-order valence-electron chi connectivity index (χ0n) is 12.4. The van der Waals surface area contributed by atoms with Crippen molar-refractivity contribution in [2.45, 2.75) is 39.0 Å². The Morgan fingerprint density at radius 3 is 2.62 bits per heavy atom. The first-order chi connectivity index (χ1) is 10.4. The Hall–Kier alpha value is -1.74.